The second kappa shape index (κ2) is 5.69. The standard InChI is InChI=1S/C12H15BrClNO/c1-3-9-7-5-6-8-10(9)15-11(16)12(13,14)4-2/h5-8H,3-4H2,1-2H3,(H,15,16). The van der Waals surface area contributed by atoms with Crippen LogP contribution in [0.3, 0.4) is 0 Å². The number of anilines is 1. The lowest BCUT2D eigenvalue weighted by Gasteiger charge is -2.18. The Labute approximate surface area is 110 Å². The molecule has 0 radical (unpaired) electrons. The van der Waals surface area contributed by atoms with E-state index in [1.165, 1.54) is 0 Å². The monoisotopic (exact) mass is 303 g/mol. The topological polar surface area (TPSA) is 29.1 Å². The zero-order valence-corrected chi connectivity index (χ0v) is 11.7. The van der Waals surface area contributed by atoms with E-state index in [4.69, 9.17) is 11.6 Å². The van der Waals surface area contributed by atoms with E-state index in [-0.39, 0.29) is 5.91 Å². The number of halogens is 2. The first-order valence-corrected chi connectivity index (χ1v) is 6.45. The SMILES string of the molecule is CCc1ccccc1NC(=O)C(Cl)(Br)CC. The van der Waals surface area contributed by atoms with Crippen LogP contribution < -0.4 is 5.32 Å². The molecular weight excluding hydrogens is 289 g/mol. The minimum atomic E-state index is -1.02. The highest BCUT2D eigenvalue weighted by atomic mass is 79.9. The van der Waals surface area contributed by atoms with E-state index in [1.807, 2.05) is 38.1 Å². The number of alkyl halides is 2. The van der Waals surface area contributed by atoms with Crippen LogP contribution in [0, 0.1) is 0 Å². The summed E-state index contributed by atoms with van der Waals surface area (Å²) in [6.45, 7) is 3.90. The third-order valence-electron chi connectivity index (χ3n) is 2.42. The first-order chi connectivity index (χ1) is 7.51. The number of aryl methyl sites for hydroxylation is 1. The second-order valence-electron chi connectivity index (χ2n) is 3.52. The van der Waals surface area contributed by atoms with Crippen LogP contribution in [0.5, 0.6) is 0 Å². The van der Waals surface area contributed by atoms with Crippen molar-refractivity contribution < 1.29 is 4.79 Å². The van der Waals surface area contributed by atoms with Crippen molar-refractivity contribution in [2.75, 3.05) is 5.32 Å². The van der Waals surface area contributed by atoms with Crippen molar-refractivity contribution in [2.24, 2.45) is 0 Å². The van der Waals surface area contributed by atoms with Gasteiger partial charge in [-0.15, -0.1) is 0 Å². The number of carbonyl (C=O) groups excluding carboxylic acids is 1. The van der Waals surface area contributed by atoms with Crippen molar-refractivity contribution in [3.8, 4) is 0 Å². The average molecular weight is 305 g/mol. The van der Waals surface area contributed by atoms with Gasteiger partial charge in [0.15, 0.2) is 3.78 Å². The molecule has 0 saturated heterocycles. The van der Waals surface area contributed by atoms with Gasteiger partial charge in [-0.1, -0.05) is 59.6 Å². The summed E-state index contributed by atoms with van der Waals surface area (Å²) < 4.78 is -1.02. The van der Waals surface area contributed by atoms with Gasteiger partial charge in [0.2, 0.25) is 0 Å². The van der Waals surface area contributed by atoms with Crippen LogP contribution in [0.1, 0.15) is 25.8 Å². The van der Waals surface area contributed by atoms with Crippen LogP contribution >= 0.6 is 27.5 Å². The molecule has 0 aromatic heterocycles. The molecule has 1 amide bonds. The number of hydrogen-bond acceptors (Lipinski definition) is 1. The van der Waals surface area contributed by atoms with Gasteiger partial charge in [0, 0.05) is 5.69 Å². The third-order valence-corrected chi connectivity index (χ3v) is 3.78. The zero-order chi connectivity index (χ0) is 12.2. The molecule has 88 valence electrons. The molecule has 1 N–H and O–H groups in total. The average Bonchev–Trinajstić information content (AvgIpc) is 2.29. The largest absolute Gasteiger partial charge is 0.324 e. The minimum absolute atomic E-state index is 0.224. The molecule has 0 bridgehead atoms. The Balaban J connectivity index is 2.85. The van der Waals surface area contributed by atoms with Gasteiger partial charge in [-0.2, -0.15) is 0 Å². The summed E-state index contributed by atoms with van der Waals surface area (Å²) in [6.07, 6.45) is 1.40. The van der Waals surface area contributed by atoms with E-state index in [9.17, 15) is 4.79 Å². The summed E-state index contributed by atoms with van der Waals surface area (Å²) in [5.41, 5.74) is 1.93. The molecule has 1 atom stereocenters. The van der Waals surface area contributed by atoms with E-state index in [0.29, 0.717) is 6.42 Å². The molecule has 4 heteroatoms. The maximum atomic E-state index is 11.8. The quantitative estimate of drug-likeness (QED) is 0.839. The Kier molecular flexibility index (Phi) is 4.81. The van der Waals surface area contributed by atoms with E-state index in [0.717, 1.165) is 17.7 Å². The molecule has 0 aliphatic rings. The number of benzene rings is 1. The predicted molar refractivity (Wildman–Crippen MR) is 72.3 cm³/mol. The van der Waals surface area contributed by atoms with Crippen molar-refractivity contribution in [3.63, 3.8) is 0 Å². The Morgan fingerprint density at radius 3 is 2.62 bits per heavy atom. The van der Waals surface area contributed by atoms with Gasteiger partial charge in [-0.3, -0.25) is 4.79 Å². The van der Waals surface area contributed by atoms with E-state index in [2.05, 4.69) is 21.2 Å². The van der Waals surface area contributed by atoms with Crippen molar-refractivity contribution in [3.05, 3.63) is 29.8 Å². The number of amides is 1. The molecule has 0 aliphatic carbocycles. The first-order valence-electron chi connectivity index (χ1n) is 5.28. The summed E-state index contributed by atoms with van der Waals surface area (Å²) in [6, 6.07) is 7.72. The van der Waals surface area contributed by atoms with E-state index < -0.39 is 3.78 Å². The highest BCUT2D eigenvalue weighted by molar-refractivity contribution is 9.10. The molecule has 1 aromatic rings. The number of para-hydroxylation sites is 1. The third kappa shape index (κ3) is 3.22. The summed E-state index contributed by atoms with van der Waals surface area (Å²) in [7, 11) is 0. The summed E-state index contributed by atoms with van der Waals surface area (Å²) in [5.74, 6) is -0.224. The molecule has 16 heavy (non-hydrogen) atoms. The van der Waals surface area contributed by atoms with Crippen molar-refractivity contribution in [2.45, 2.75) is 30.5 Å². The summed E-state index contributed by atoms with van der Waals surface area (Å²) in [5, 5.41) is 2.83. The van der Waals surface area contributed by atoms with Crippen molar-refractivity contribution >= 4 is 39.1 Å². The Morgan fingerprint density at radius 2 is 2.06 bits per heavy atom. The van der Waals surface area contributed by atoms with Gasteiger partial charge in [0.1, 0.15) is 0 Å². The smallest absolute Gasteiger partial charge is 0.256 e. The molecule has 0 spiro atoms. The summed E-state index contributed by atoms with van der Waals surface area (Å²) in [4.78, 5) is 11.8. The zero-order valence-electron chi connectivity index (χ0n) is 9.39. The maximum absolute atomic E-state index is 11.8. The molecule has 2 nitrogen and oxygen atoms in total. The summed E-state index contributed by atoms with van der Waals surface area (Å²) >= 11 is 9.22. The predicted octanol–water partition coefficient (Wildman–Crippen LogP) is 3.93. The van der Waals surface area contributed by atoms with Crippen LogP contribution in [-0.4, -0.2) is 9.69 Å². The van der Waals surface area contributed by atoms with Crippen LogP contribution in [0.2, 0.25) is 0 Å². The van der Waals surface area contributed by atoms with Crippen LogP contribution in [0.4, 0.5) is 5.69 Å². The van der Waals surface area contributed by atoms with Crippen LogP contribution in [0.25, 0.3) is 0 Å². The number of nitrogens with one attached hydrogen (secondary N) is 1. The Morgan fingerprint density at radius 1 is 1.44 bits per heavy atom. The molecule has 0 heterocycles. The Bertz CT molecular complexity index is 379. The fraction of sp³-hybridized carbons (Fsp3) is 0.417. The lowest BCUT2D eigenvalue weighted by atomic mass is 10.1. The van der Waals surface area contributed by atoms with Crippen molar-refractivity contribution in [1.82, 2.24) is 0 Å². The van der Waals surface area contributed by atoms with Gasteiger partial charge >= 0.3 is 0 Å². The molecule has 1 rings (SSSR count). The second-order valence-corrected chi connectivity index (χ2v) is 5.98. The van der Waals surface area contributed by atoms with Crippen LogP contribution in [-0.2, 0) is 11.2 Å². The maximum Gasteiger partial charge on any atom is 0.256 e. The van der Waals surface area contributed by atoms with Gasteiger partial charge in [0.25, 0.3) is 5.91 Å². The normalized spacial score (nSPS) is 14.2. The molecule has 1 aromatic carbocycles. The molecule has 0 aliphatic heterocycles. The molecule has 1 unspecified atom stereocenters. The fourth-order valence-corrected chi connectivity index (χ4v) is 1.47. The highest BCUT2D eigenvalue weighted by Gasteiger charge is 2.30. The van der Waals surface area contributed by atoms with E-state index >= 15 is 0 Å². The fourth-order valence-electron chi connectivity index (χ4n) is 1.32. The van der Waals surface area contributed by atoms with Gasteiger partial charge < -0.3 is 5.32 Å². The lowest BCUT2D eigenvalue weighted by Crippen LogP contribution is -2.31. The van der Waals surface area contributed by atoms with Gasteiger partial charge in [-0.25, -0.2) is 0 Å². The minimum Gasteiger partial charge on any atom is -0.324 e. The van der Waals surface area contributed by atoms with E-state index in [1.54, 1.807) is 0 Å². The number of carbonyl (C=O) groups is 1. The first kappa shape index (κ1) is 13.5. The number of hydrogen-bond donors (Lipinski definition) is 1. The van der Waals surface area contributed by atoms with Gasteiger partial charge in [0.05, 0.1) is 0 Å². The molecule has 0 fully saturated rings. The molecular formula is C12H15BrClNO. The highest BCUT2D eigenvalue weighted by Crippen LogP contribution is 2.29. The Hall–Kier alpha value is -0.540. The van der Waals surface area contributed by atoms with Gasteiger partial charge in [-0.05, 0) is 24.5 Å². The molecule has 0 saturated carbocycles. The number of rotatable bonds is 4. The lowest BCUT2D eigenvalue weighted by molar-refractivity contribution is -0.116. The van der Waals surface area contributed by atoms with Crippen molar-refractivity contribution in [1.29, 1.82) is 0 Å². The van der Waals surface area contributed by atoms with Crippen LogP contribution in [0.15, 0.2) is 24.3 Å².